The first kappa shape index (κ1) is 46.2. The highest BCUT2D eigenvalue weighted by atomic mass is 32.1. The largest absolute Gasteiger partial charge is 0.469 e. The molecule has 0 spiro atoms. The quantitative estimate of drug-likeness (QED) is 0.101. The van der Waals surface area contributed by atoms with E-state index in [1.807, 2.05) is 20.9 Å². The molecule has 1 saturated carbocycles. The molecule has 0 unspecified atom stereocenters. The monoisotopic (exact) mass is 811 g/mol. The van der Waals surface area contributed by atoms with Crippen LogP contribution in [0.5, 0.6) is 0 Å². The number of halogens is 3. The zero-order valence-corrected chi connectivity index (χ0v) is 34.1. The molecule has 0 bridgehead atoms. The number of unbranched alkanes of at least 4 members (excludes halogenated alkanes) is 2. The Kier molecular flexibility index (Phi) is 18.1. The summed E-state index contributed by atoms with van der Waals surface area (Å²) in [5.74, 6) is -2.56. The summed E-state index contributed by atoms with van der Waals surface area (Å²) in [4.78, 5) is 78.7. The summed E-state index contributed by atoms with van der Waals surface area (Å²) >= 11 is 1.08. The molecule has 3 N–H and O–H groups in total. The number of hydrogen-bond acceptors (Lipinski definition) is 12. The van der Waals surface area contributed by atoms with E-state index in [4.69, 9.17) is 9.47 Å². The number of thiazole rings is 1. The number of rotatable bonds is 23. The second kappa shape index (κ2) is 21.9. The number of ether oxygens (including phenoxy) is 2. The van der Waals surface area contributed by atoms with E-state index < -0.39 is 59.7 Å². The van der Waals surface area contributed by atoms with Gasteiger partial charge >= 0.3 is 18.1 Å². The number of carbonyl (C=O) groups excluding carboxylic acids is 5. The van der Waals surface area contributed by atoms with Crippen molar-refractivity contribution in [2.75, 3.05) is 27.7 Å². The van der Waals surface area contributed by atoms with E-state index in [1.165, 1.54) is 19.4 Å². The van der Waals surface area contributed by atoms with Crippen molar-refractivity contribution in [1.82, 2.24) is 35.8 Å². The van der Waals surface area contributed by atoms with Crippen molar-refractivity contribution in [2.24, 2.45) is 17.8 Å². The lowest BCUT2D eigenvalue weighted by Crippen LogP contribution is -2.52. The molecule has 14 nitrogen and oxygen atoms in total. The fraction of sp³-hybridized carbons (Fsp3) is 0.684. The Labute approximate surface area is 330 Å². The number of esters is 2. The van der Waals surface area contributed by atoms with Crippen LogP contribution in [0.2, 0.25) is 0 Å². The molecule has 0 aromatic carbocycles. The summed E-state index contributed by atoms with van der Waals surface area (Å²) in [5.41, 5.74) is -1.04. The lowest BCUT2D eigenvalue weighted by atomic mass is 9.95. The Morgan fingerprint density at radius 3 is 2.27 bits per heavy atom. The molecule has 18 heteroatoms. The Morgan fingerprint density at radius 2 is 1.70 bits per heavy atom. The van der Waals surface area contributed by atoms with Gasteiger partial charge in [0.25, 0.3) is 5.91 Å². The molecular weight excluding hydrogens is 756 g/mol. The van der Waals surface area contributed by atoms with Crippen LogP contribution in [0.25, 0.3) is 0 Å². The third-order valence-corrected chi connectivity index (χ3v) is 10.6. The van der Waals surface area contributed by atoms with Crippen LogP contribution in [0.15, 0.2) is 17.8 Å². The Morgan fingerprint density at radius 1 is 1.02 bits per heavy atom. The van der Waals surface area contributed by atoms with Crippen molar-refractivity contribution < 1.29 is 46.6 Å². The van der Waals surface area contributed by atoms with Gasteiger partial charge in [0.15, 0.2) is 6.10 Å². The van der Waals surface area contributed by atoms with E-state index in [2.05, 4.69) is 30.9 Å². The van der Waals surface area contributed by atoms with E-state index in [1.54, 1.807) is 18.9 Å². The molecule has 0 radical (unpaired) electrons. The van der Waals surface area contributed by atoms with E-state index >= 15 is 0 Å². The Balaban J connectivity index is 1.78. The second-order valence-electron chi connectivity index (χ2n) is 14.8. The van der Waals surface area contributed by atoms with Crippen LogP contribution >= 0.6 is 11.3 Å². The first-order valence-electron chi connectivity index (χ1n) is 19.0. The number of methoxy groups -OCH3 is 1. The minimum Gasteiger partial charge on any atom is -0.469 e. The van der Waals surface area contributed by atoms with Gasteiger partial charge in [-0.2, -0.15) is 13.2 Å². The standard InChI is InChI=1S/C38H56F3N7O7S/c1-22(2)30(48(6)36(52)28(16-25-12-13-25)46-33(50)11-9-8-10-14-42-5)18-31(55-24(4)49)35-47-29(21-56-35)34(51)45-27(15-23(3)37(53)54-7)17-32-43-19-26(20-44-32)38(39,40)41/h19-23,25,27-28,30-31,42H,8-18H2,1-7H3,(H,45,51)(H,46,50)/t23-,27+,28-,30+,31+/m0/s1. The summed E-state index contributed by atoms with van der Waals surface area (Å²) in [7, 11) is 4.78. The molecule has 0 saturated heterocycles. The number of nitrogens with zero attached hydrogens (tertiary/aromatic N) is 4. The van der Waals surface area contributed by atoms with Gasteiger partial charge in [-0.05, 0) is 51.1 Å². The topological polar surface area (TPSA) is 182 Å². The number of aromatic nitrogens is 3. The van der Waals surface area contributed by atoms with Gasteiger partial charge in [-0.25, -0.2) is 15.0 Å². The minimum absolute atomic E-state index is 0.0186. The third kappa shape index (κ3) is 15.0. The van der Waals surface area contributed by atoms with Gasteiger partial charge in [0.05, 0.1) is 18.6 Å². The molecule has 1 fully saturated rings. The van der Waals surface area contributed by atoms with Gasteiger partial charge in [-0.15, -0.1) is 11.3 Å². The van der Waals surface area contributed by atoms with Crippen molar-refractivity contribution in [2.45, 2.75) is 122 Å². The molecule has 1 aliphatic rings. The van der Waals surface area contributed by atoms with Gasteiger partial charge in [0, 0.05) is 63.1 Å². The summed E-state index contributed by atoms with van der Waals surface area (Å²) in [6.45, 7) is 7.60. The number of likely N-dealkylation sites (N-methyl/N-ethyl adjacent to an activating group) is 1. The number of alkyl halides is 3. The molecule has 3 rings (SSSR count). The van der Waals surface area contributed by atoms with Gasteiger partial charge in [0.2, 0.25) is 11.8 Å². The SMILES string of the molecule is CNCCCCCC(=O)N[C@@H](CC1CC1)C(=O)N(C)[C@H](C[C@@H](OC(C)=O)c1nc(C(=O)N[C@@H](Cc2ncc(C(F)(F)F)cn2)C[C@H](C)C(=O)OC)cs1)C(C)C. The van der Waals surface area contributed by atoms with Crippen molar-refractivity contribution in [3.8, 4) is 0 Å². The van der Waals surface area contributed by atoms with Crippen molar-refractivity contribution >= 4 is 41.0 Å². The van der Waals surface area contributed by atoms with Crippen molar-refractivity contribution in [3.05, 3.63) is 39.9 Å². The van der Waals surface area contributed by atoms with E-state index in [-0.39, 0.29) is 48.5 Å². The zero-order chi connectivity index (χ0) is 41.6. The fourth-order valence-corrected chi connectivity index (χ4v) is 7.23. The Bertz CT molecular complexity index is 1600. The van der Waals surface area contributed by atoms with Crippen LogP contribution in [-0.4, -0.2) is 95.4 Å². The fourth-order valence-electron chi connectivity index (χ4n) is 6.39. The van der Waals surface area contributed by atoms with Crippen LogP contribution in [0.3, 0.4) is 0 Å². The first-order chi connectivity index (χ1) is 26.4. The summed E-state index contributed by atoms with van der Waals surface area (Å²) in [6.07, 6.45) is 1.35. The lowest BCUT2D eigenvalue weighted by Gasteiger charge is -2.35. The zero-order valence-electron chi connectivity index (χ0n) is 33.2. The molecule has 1 aliphatic carbocycles. The lowest BCUT2D eigenvalue weighted by molar-refractivity contribution is -0.149. The smallest absolute Gasteiger partial charge is 0.419 e. The molecule has 3 amide bonds. The van der Waals surface area contributed by atoms with Crippen LogP contribution in [0.1, 0.15) is 118 Å². The molecule has 2 aromatic rings. The summed E-state index contributed by atoms with van der Waals surface area (Å²) in [6, 6.07) is -1.93. The van der Waals surface area contributed by atoms with Gasteiger partial charge in [-0.1, -0.05) is 40.0 Å². The highest BCUT2D eigenvalue weighted by molar-refractivity contribution is 7.09. The molecule has 0 aliphatic heterocycles. The number of amides is 3. The minimum atomic E-state index is -4.63. The molecule has 5 atom stereocenters. The number of nitrogens with one attached hydrogen (secondary N) is 3. The van der Waals surface area contributed by atoms with Crippen LogP contribution in [-0.2, 0) is 41.2 Å². The maximum atomic E-state index is 14.0. The van der Waals surface area contributed by atoms with Gasteiger partial charge in [0.1, 0.15) is 22.6 Å². The Hall–Kier alpha value is -4.19. The predicted molar refractivity (Wildman–Crippen MR) is 202 cm³/mol. The average Bonchev–Trinajstić information content (AvgIpc) is 3.82. The maximum absolute atomic E-state index is 14.0. The normalized spacial score (nSPS) is 15.6. The van der Waals surface area contributed by atoms with E-state index in [9.17, 15) is 37.1 Å². The molecule has 2 heterocycles. The molecular formula is C38H56F3N7O7S. The van der Waals surface area contributed by atoms with E-state index in [0.717, 1.165) is 50.0 Å². The summed E-state index contributed by atoms with van der Waals surface area (Å²) < 4.78 is 49.8. The van der Waals surface area contributed by atoms with Crippen LogP contribution < -0.4 is 16.0 Å². The van der Waals surface area contributed by atoms with Gasteiger partial charge < -0.3 is 30.3 Å². The molecule has 2 aromatic heterocycles. The van der Waals surface area contributed by atoms with Crippen LogP contribution in [0.4, 0.5) is 13.2 Å². The second-order valence-corrected chi connectivity index (χ2v) is 15.7. The van der Waals surface area contributed by atoms with Crippen molar-refractivity contribution in [3.63, 3.8) is 0 Å². The predicted octanol–water partition coefficient (Wildman–Crippen LogP) is 5.03. The first-order valence-corrected chi connectivity index (χ1v) is 19.9. The molecule has 56 heavy (non-hydrogen) atoms. The molecule has 312 valence electrons. The highest BCUT2D eigenvalue weighted by Gasteiger charge is 2.37. The maximum Gasteiger partial charge on any atom is 0.419 e. The van der Waals surface area contributed by atoms with E-state index in [0.29, 0.717) is 36.2 Å². The summed E-state index contributed by atoms with van der Waals surface area (Å²) in [5, 5.41) is 10.7. The van der Waals surface area contributed by atoms with Crippen molar-refractivity contribution in [1.29, 1.82) is 0 Å². The van der Waals surface area contributed by atoms with Gasteiger partial charge in [-0.3, -0.25) is 24.0 Å². The highest BCUT2D eigenvalue weighted by Crippen LogP contribution is 2.35. The number of carbonyl (C=O) groups is 5. The third-order valence-electron chi connectivity index (χ3n) is 9.68. The number of hydrogen-bond donors (Lipinski definition) is 3. The average molecular weight is 812 g/mol. The van der Waals surface area contributed by atoms with Crippen LogP contribution in [0, 0.1) is 17.8 Å².